The summed E-state index contributed by atoms with van der Waals surface area (Å²) in [6.45, 7) is 0. The van der Waals surface area contributed by atoms with E-state index in [-0.39, 0.29) is 0 Å². The van der Waals surface area contributed by atoms with Crippen LogP contribution < -0.4 is 0 Å². The van der Waals surface area contributed by atoms with E-state index in [1.807, 2.05) is 18.3 Å². The lowest BCUT2D eigenvalue weighted by molar-refractivity contribution is 1.21. The van der Waals surface area contributed by atoms with Gasteiger partial charge in [-0.1, -0.05) is 140 Å². The maximum absolute atomic E-state index is 5.25. The molecule has 11 rings (SSSR count). The van der Waals surface area contributed by atoms with Gasteiger partial charge >= 0.3 is 0 Å². The van der Waals surface area contributed by atoms with Crippen molar-refractivity contribution in [2.75, 3.05) is 0 Å². The molecule has 0 saturated carbocycles. The molecule has 0 aliphatic heterocycles. The third-order valence-electron chi connectivity index (χ3n) is 10.8. The van der Waals surface area contributed by atoms with Gasteiger partial charge in [0.25, 0.3) is 0 Å². The lowest BCUT2D eigenvalue weighted by atomic mass is 9.84. The summed E-state index contributed by atoms with van der Waals surface area (Å²) in [4.78, 5) is 10.0. The summed E-state index contributed by atoms with van der Waals surface area (Å²) in [7, 11) is 0. The summed E-state index contributed by atoms with van der Waals surface area (Å²) in [6, 6.07) is 63.6. The first-order valence-corrected chi connectivity index (χ1v) is 18.1. The van der Waals surface area contributed by atoms with Crippen molar-refractivity contribution in [2.24, 2.45) is 0 Å². The van der Waals surface area contributed by atoms with Gasteiger partial charge in [-0.05, 0) is 113 Å². The van der Waals surface area contributed by atoms with Crippen LogP contribution in [0.25, 0.3) is 104 Å². The van der Waals surface area contributed by atoms with Crippen LogP contribution in [0.15, 0.2) is 188 Å². The fourth-order valence-electron chi connectivity index (χ4n) is 8.32. The second kappa shape index (κ2) is 11.7. The van der Waals surface area contributed by atoms with Gasteiger partial charge in [0.1, 0.15) is 11.3 Å². The van der Waals surface area contributed by atoms with E-state index in [2.05, 4.69) is 174 Å². The number of rotatable bonds is 4. The predicted octanol–water partition coefficient (Wildman–Crippen LogP) is 13.2. The number of imidazole rings is 1. The monoisotopic (exact) mass is 673 g/mol. The molecule has 0 aliphatic carbocycles. The van der Waals surface area contributed by atoms with Crippen molar-refractivity contribution >= 4 is 59.5 Å². The molecule has 53 heavy (non-hydrogen) atoms. The molecule has 3 heteroatoms. The molecule has 0 radical (unpaired) electrons. The molecule has 8 aromatic carbocycles. The Morgan fingerprint density at radius 2 is 0.906 bits per heavy atom. The summed E-state index contributed by atoms with van der Waals surface area (Å²) in [5, 5.41) is 12.1. The van der Waals surface area contributed by atoms with E-state index >= 15 is 0 Å². The Morgan fingerprint density at radius 1 is 0.377 bits per heavy atom. The van der Waals surface area contributed by atoms with E-state index in [9.17, 15) is 0 Å². The van der Waals surface area contributed by atoms with Crippen molar-refractivity contribution in [1.82, 2.24) is 14.4 Å². The molecule has 0 bridgehead atoms. The van der Waals surface area contributed by atoms with Gasteiger partial charge < -0.3 is 0 Å². The highest BCUT2D eigenvalue weighted by Crippen LogP contribution is 2.46. The SMILES string of the molecule is c1ccc(-c2nc3cc4ccccc4cn3c2-c2ccc3c(-c4ccc5ccccc5c4)c4ccccc4c(-c4ccc5ccccc5c4)c3c2)nc1. The van der Waals surface area contributed by atoms with Crippen molar-refractivity contribution in [3.05, 3.63) is 188 Å². The van der Waals surface area contributed by atoms with Crippen molar-refractivity contribution in [2.45, 2.75) is 0 Å². The van der Waals surface area contributed by atoms with Crippen LogP contribution in [0.1, 0.15) is 0 Å². The van der Waals surface area contributed by atoms with Crippen LogP contribution in [0.5, 0.6) is 0 Å². The third kappa shape index (κ3) is 4.75. The number of hydrogen-bond acceptors (Lipinski definition) is 2. The van der Waals surface area contributed by atoms with Gasteiger partial charge in [-0.25, -0.2) is 4.98 Å². The maximum Gasteiger partial charge on any atom is 0.138 e. The van der Waals surface area contributed by atoms with Gasteiger partial charge in [0.05, 0.1) is 11.4 Å². The molecule has 3 aromatic heterocycles. The van der Waals surface area contributed by atoms with E-state index in [0.29, 0.717) is 0 Å². The Morgan fingerprint density at radius 3 is 1.55 bits per heavy atom. The highest BCUT2D eigenvalue weighted by Gasteiger charge is 2.22. The number of benzene rings is 8. The minimum atomic E-state index is 0.848. The zero-order valence-corrected chi connectivity index (χ0v) is 28.7. The van der Waals surface area contributed by atoms with Crippen molar-refractivity contribution in [3.8, 4) is 44.9 Å². The Bertz CT molecular complexity index is 3230. The Balaban J connectivity index is 1.27. The predicted molar refractivity (Wildman–Crippen MR) is 222 cm³/mol. The average molecular weight is 674 g/mol. The summed E-state index contributed by atoms with van der Waals surface area (Å²) in [5.74, 6) is 0. The molecule has 0 saturated heterocycles. The van der Waals surface area contributed by atoms with Crippen LogP contribution in [0, 0.1) is 0 Å². The first-order valence-electron chi connectivity index (χ1n) is 18.1. The average Bonchev–Trinajstić information content (AvgIpc) is 3.60. The molecule has 0 aliphatic rings. The first kappa shape index (κ1) is 29.6. The molecule has 3 heterocycles. The van der Waals surface area contributed by atoms with Crippen LogP contribution in [-0.4, -0.2) is 14.4 Å². The largest absolute Gasteiger partial charge is 0.298 e. The molecule has 3 nitrogen and oxygen atoms in total. The van der Waals surface area contributed by atoms with Gasteiger partial charge in [0, 0.05) is 18.0 Å². The molecule has 0 spiro atoms. The number of hydrogen-bond donors (Lipinski definition) is 0. The molecule has 0 N–H and O–H groups in total. The van der Waals surface area contributed by atoms with Crippen LogP contribution >= 0.6 is 0 Å². The van der Waals surface area contributed by atoms with Crippen LogP contribution in [-0.2, 0) is 0 Å². The summed E-state index contributed by atoms with van der Waals surface area (Å²) < 4.78 is 2.24. The zero-order chi connectivity index (χ0) is 34.9. The van der Waals surface area contributed by atoms with Gasteiger partial charge in [-0.15, -0.1) is 0 Å². The Kier molecular flexibility index (Phi) is 6.55. The summed E-state index contributed by atoms with van der Waals surface area (Å²) in [6.07, 6.45) is 4.06. The highest BCUT2D eigenvalue weighted by atomic mass is 15.0. The Labute approximate surface area is 306 Å². The Hall–Kier alpha value is -7.10. The number of pyridine rings is 2. The molecule has 0 amide bonds. The van der Waals surface area contributed by atoms with Gasteiger partial charge in [0.2, 0.25) is 0 Å². The lowest BCUT2D eigenvalue weighted by Crippen LogP contribution is -1.94. The summed E-state index contributed by atoms with van der Waals surface area (Å²) >= 11 is 0. The molecule has 246 valence electrons. The number of fused-ring (bicyclic) bond motifs is 6. The van der Waals surface area contributed by atoms with Crippen molar-refractivity contribution in [3.63, 3.8) is 0 Å². The quantitative estimate of drug-likeness (QED) is 0.174. The van der Waals surface area contributed by atoms with E-state index in [4.69, 9.17) is 9.97 Å². The zero-order valence-electron chi connectivity index (χ0n) is 28.7. The molecule has 0 atom stereocenters. The smallest absolute Gasteiger partial charge is 0.138 e. The van der Waals surface area contributed by atoms with Gasteiger partial charge in [0.15, 0.2) is 0 Å². The van der Waals surface area contributed by atoms with Crippen molar-refractivity contribution in [1.29, 1.82) is 0 Å². The van der Waals surface area contributed by atoms with E-state index in [0.717, 1.165) is 39.1 Å². The number of aromatic nitrogens is 3. The van der Waals surface area contributed by atoms with Crippen molar-refractivity contribution < 1.29 is 0 Å². The van der Waals surface area contributed by atoms with Gasteiger partial charge in [-0.3, -0.25) is 9.38 Å². The van der Waals surface area contributed by atoms with Crippen LogP contribution in [0.2, 0.25) is 0 Å². The first-order chi connectivity index (χ1) is 26.3. The number of nitrogens with zero attached hydrogens (tertiary/aromatic N) is 3. The normalized spacial score (nSPS) is 11.8. The summed E-state index contributed by atoms with van der Waals surface area (Å²) in [5.41, 5.74) is 9.59. The standard InChI is InChI=1S/C50H31N3/c1-3-13-34-27-37(22-20-32(34)11-1)47-41-17-7-8-18-42(41)48(38-23-21-33-12-2-4-14-35(33)28-38)44-29-39(24-25-43(44)47)50-49(45-19-9-10-26-51-45)52-46-30-36-15-5-6-16-40(36)31-53(46)50/h1-31H. The van der Waals surface area contributed by atoms with Gasteiger partial charge in [-0.2, -0.15) is 0 Å². The molecular weight excluding hydrogens is 643 g/mol. The molecule has 0 unspecified atom stereocenters. The van der Waals surface area contributed by atoms with E-state index < -0.39 is 0 Å². The maximum atomic E-state index is 5.25. The highest BCUT2D eigenvalue weighted by molar-refractivity contribution is 6.22. The lowest BCUT2D eigenvalue weighted by Gasteiger charge is -2.19. The van der Waals surface area contributed by atoms with Crippen LogP contribution in [0.3, 0.4) is 0 Å². The fraction of sp³-hybridized carbons (Fsp3) is 0. The van der Waals surface area contributed by atoms with Crippen LogP contribution in [0.4, 0.5) is 0 Å². The minimum absolute atomic E-state index is 0.848. The molecule has 0 fully saturated rings. The minimum Gasteiger partial charge on any atom is -0.298 e. The second-order valence-corrected chi connectivity index (χ2v) is 13.8. The van der Waals surface area contributed by atoms with E-state index in [1.54, 1.807) is 0 Å². The van der Waals surface area contributed by atoms with E-state index in [1.165, 1.54) is 65.3 Å². The topological polar surface area (TPSA) is 30.2 Å². The third-order valence-corrected chi connectivity index (χ3v) is 10.8. The second-order valence-electron chi connectivity index (χ2n) is 13.8. The molecule has 11 aromatic rings. The molecular formula is C50H31N3. The fourth-order valence-corrected chi connectivity index (χ4v) is 8.32.